The van der Waals surface area contributed by atoms with E-state index in [2.05, 4.69) is 28.0 Å². The average Bonchev–Trinajstić information content (AvgIpc) is 2.65. The molecule has 0 atom stereocenters. The predicted molar refractivity (Wildman–Crippen MR) is 53.0 cm³/mol. The lowest BCUT2D eigenvalue weighted by Gasteiger charge is -2.00. The van der Waals surface area contributed by atoms with Crippen LogP contribution in [0.15, 0.2) is 29.4 Å². The van der Waals surface area contributed by atoms with Crippen molar-refractivity contribution in [3.8, 4) is 11.4 Å². The molecule has 5 nitrogen and oxygen atoms in total. The van der Waals surface area contributed by atoms with Gasteiger partial charge in [0, 0.05) is 0 Å². The van der Waals surface area contributed by atoms with E-state index in [-0.39, 0.29) is 0 Å². The quantitative estimate of drug-likeness (QED) is 0.747. The Bertz CT molecular complexity index is 425. The molecule has 1 heterocycles. The van der Waals surface area contributed by atoms with Crippen molar-refractivity contribution in [3.05, 3.63) is 24.3 Å². The molecule has 0 aliphatic carbocycles. The molecule has 1 aromatic carbocycles. The minimum atomic E-state index is 0.348. The van der Waals surface area contributed by atoms with E-state index in [1.54, 1.807) is 7.11 Å². The van der Waals surface area contributed by atoms with Gasteiger partial charge < -0.3 is 4.74 Å². The molecule has 0 amide bonds. The number of tetrazole rings is 1. The Hall–Kier alpha value is -1.56. The first kappa shape index (κ1) is 9.01. The predicted octanol–water partition coefficient (Wildman–Crippen LogP) is 0.960. The van der Waals surface area contributed by atoms with E-state index in [1.165, 1.54) is 4.80 Å². The van der Waals surface area contributed by atoms with Gasteiger partial charge in [0.2, 0.25) is 5.16 Å². The Morgan fingerprint density at radius 1 is 1.29 bits per heavy atom. The first-order valence-corrected chi connectivity index (χ1v) is 4.38. The van der Waals surface area contributed by atoms with E-state index in [9.17, 15) is 0 Å². The number of hydrogen-bond donors (Lipinski definition) is 1. The highest BCUT2D eigenvalue weighted by atomic mass is 32.1. The second-order valence-corrected chi connectivity index (χ2v) is 2.98. The molecule has 2 rings (SSSR count). The first-order valence-electron chi connectivity index (χ1n) is 3.93. The molecule has 0 radical (unpaired) electrons. The Balaban J connectivity index is 2.33. The van der Waals surface area contributed by atoms with Crippen LogP contribution in [0.4, 0.5) is 0 Å². The highest BCUT2D eigenvalue weighted by Gasteiger charge is 2.00. The molecule has 0 unspecified atom stereocenters. The topological polar surface area (TPSA) is 52.8 Å². The van der Waals surface area contributed by atoms with Gasteiger partial charge in [-0.05, 0) is 29.5 Å². The smallest absolute Gasteiger partial charge is 0.228 e. The molecule has 72 valence electrons. The lowest BCUT2D eigenvalue weighted by molar-refractivity contribution is 0.414. The van der Waals surface area contributed by atoms with Gasteiger partial charge >= 0.3 is 0 Å². The van der Waals surface area contributed by atoms with Crippen molar-refractivity contribution in [1.82, 2.24) is 20.2 Å². The number of methoxy groups -OCH3 is 1. The first-order chi connectivity index (χ1) is 6.79. The van der Waals surface area contributed by atoms with Crippen molar-refractivity contribution < 1.29 is 4.74 Å². The third-order valence-electron chi connectivity index (χ3n) is 1.71. The minimum absolute atomic E-state index is 0.348. The number of rotatable bonds is 2. The fourth-order valence-corrected chi connectivity index (χ4v) is 1.16. The molecule has 0 N–H and O–H groups in total. The van der Waals surface area contributed by atoms with E-state index in [0.717, 1.165) is 11.4 Å². The summed E-state index contributed by atoms with van der Waals surface area (Å²) < 4.78 is 5.03. The summed E-state index contributed by atoms with van der Waals surface area (Å²) in [7, 11) is 1.62. The van der Waals surface area contributed by atoms with Gasteiger partial charge in [0.05, 0.1) is 12.8 Å². The molecule has 2 aromatic rings. The minimum Gasteiger partial charge on any atom is -0.497 e. The maximum absolute atomic E-state index is 5.03. The molecular formula is C8H8N4OS. The second-order valence-electron chi connectivity index (χ2n) is 2.58. The van der Waals surface area contributed by atoms with Gasteiger partial charge in [0.1, 0.15) is 5.75 Å². The van der Waals surface area contributed by atoms with Gasteiger partial charge in [-0.15, -0.1) is 15.0 Å². The molecule has 1 aromatic heterocycles. The lowest BCUT2D eigenvalue weighted by Crippen LogP contribution is -1.98. The van der Waals surface area contributed by atoms with Crippen LogP contribution in [0.25, 0.3) is 5.69 Å². The van der Waals surface area contributed by atoms with Gasteiger partial charge in [0.25, 0.3) is 0 Å². The van der Waals surface area contributed by atoms with Crippen molar-refractivity contribution in [3.63, 3.8) is 0 Å². The molecule has 14 heavy (non-hydrogen) atoms. The summed E-state index contributed by atoms with van der Waals surface area (Å²) in [6.45, 7) is 0. The summed E-state index contributed by atoms with van der Waals surface area (Å²) >= 11 is 3.96. The fraction of sp³-hybridized carbons (Fsp3) is 0.125. The van der Waals surface area contributed by atoms with Gasteiger partial charge in [-0.2, -0.15) is 0 Å². The van der Waals surface area contributed by atoms with Crippen molar-refractivity contribution >= 4 is 12.6 Å². The van der Waals surface area contributed by atoms with E-state index in [4.69, 9.17) is 4.74 Å². The lowest BCUT2D eigenvalue weighted by atomic mass is 10.3. The molecular weight excluding hydrogens is 200 g/mol. The number of thiol groups is 1. The van der Waals surface area contributed by atoms with Crippen LogP contribution in [0, 0.1) is 0 Å². The highest BCUT2D eigenvalue weighted by Crippen LogP contribution is 2.13. The number of benzene rings is 1. The zero-order valence-corrected chi connectivity index (χ0v) is 8.35. The van der Waals surface area contributed by atoms with E-state index in [1.807, 2.05) is 24.3 Å². The Morgan fingerprint density at radius 2 is 2.00 bits per heavy atom. The van der Waals surface area contributed by atoms with Gasteiger partial charge in [0.15, 0.2) is 0 Å². The maximum Gasteiger partial charge on any atom is 0.228 e. The van der Waals surface area contributed by atoms with Crippen molar-refractivity contribution in [2.24, 2.45) is 0 Å². The molecule has 0 spiro atoms. The third kappa shape index (κ3) is 1.69. The molecule has 0 saturated heterocycles. The van der Waals surface area contributed by atoms with Gasteiger partial charge in [-0.1, -0.05) is 12.6 Å². The van der Waals surface area contributed by atoms with Crippen LogP contribution in [0.1, 0.15) is 0 Å². The van der Waals surface area contributed by atoms with Crippen molar-refractivity contribution in [1.29, 1.82) is 0 Å². The van der Waals surface area contributed by atoms with Crippen LogP contribution < -0.4 is 4.74 Å². The summed E-state index contributed by atoms with van der Waals surface area (Å²) in [6.07, 6.45) is 0. The third-order valence-corrected chi connectivity index (χ3v) is 1.89. The van der Waals surface area contributed by atoms with Crippen LogP contribution in [0.5, 0.6) is 5.75 Å². The number of hydrogen-bond acceptors (Lipinski definition) is 5. The highest BCUT2D eigenvalue weighted by molar-refractivity contribution is 7.80. The van der Waals surface area contributed by atoms with Crippen LogP contribution in [0.2, 0.25) is 0 Å². The summed E-state index contributed by atoms with van der Waals surface area (Å²) in [4.78, 5) is 1.40. The monoisotopic (exact) mass is 208 g/mol. The van der Waals surface area contributed by atoms with Crippen LogP contribution in [0.3, 0.4) is 0 Å². The summed E-state index contributed by atoms with van der Waals surface area (Å²) in [5.41, 5.74) is 0.818. The zero-order chi connectivity index (χ0) is 9.97. The second kappa shape index (κ2) is 3.67. The van der Waals surface area contributed by atoms with Crippen LogP contribution in [-0.2, 0) is 0 Å². The van der Waals surface area contributed by atoms with E-state index in [0.29, 0.717) is 5.16 Å². The normalized spacial score (nSPS) is 10.1. The zero-order valence-electron chi connectivity index (χ0n) is 7.45. The molecule has 0 bridgehead atoms. The average molecular weight is 208 g/mol. The molecule has 0 aliphatic rings. The number of ether oxygens (including phenoxy) is 1. The standard InChI is InChI=1S/C8H8N4OS/c1-13-7-4-2-6(3-5-7)12-10-8(14)9-11-12/h2-5H,1H3,(H,10,14). The number of nitrogens with zero attached hydrogens (tertiary/aromatic N) is 4. The summed E-state index contributed by atoms with van der Waals surface area (Å²) in [6, 6.07) is 7.34. The summed E-state index contributed by atoms with van der Waals surface area (Å²) in [5.74, 6) is 0.792. The van der Waals surface area contributed by atoms with Gasteiger partial charge in [-0.3, -0.25) is 0 Å². The largest absolute Gasteiger partial charge is 0.497 e. The van der Waals surface area contributed by atoms with E-state index < -0.39 is 0 Å². The fourth-order valence-electron chi connectivity index (χ4n) is 1.03. The maximum atomic E-state index is 5.03. The number of aromatic nitrogens is 4. The van der Waals surface area contributed by atoms with Crippen LogP contribution in [-0.4, -0.2) is 27.3 Å². The van der Waals surface area contributed by atoms with E-state index >= 15 is 0 Å². The van der Waals surface area contributed by atoms with Crippen LogP contribution >= 0.6 is 12.6 Å². The Kier molecular flexibility index (Phi) is 2.36. The SMILES string of the molecule is COc1ccc(-n2nnc(S)n2)cc1. The van der Waals surface area contributed by atoms with Crippen molar-refractivity contribution in [2.75, 3.05) is 7.11 Å². The van der Waals surface area contributed by atoms with Crippen molar-refractivity contribution in [2.45, 2.75) is 5.16 Å². The van der Waals surface area contributed by atoms with Gasteiger partial charge in [-0.25, -0.2) is 0 Å². The molecule has 0 fully saturated rings. The summed E-state index contributed by atoms with van der Waals surface area (Å²) in [5, 5.41) is 11.8. The Labute approximate surface area is 86.1 Å². The molecule has 0 saturated carbocycles. The molecule has 6 heteroatoms. The Morgan fingerprint density at radius 3 is 2.50 bits per heavy atom. The molecule has 0 aliphatic heterocycles.